The average Bonchev–Trinajstić information content (AvgIpc) is 2.63. The standard InChI is InChI=1S/C10H17F3N2O2/c1-9(14,10(11,12)13)8(17)15-7-4-2-3-6(7)5-16/h6-7,16H,2-5,14H2,1H3,(H,15,17). The van der Waals surface area contributed by atoms with Gasteiger partial charge in [0.15, 0.2) is 5.54 Å². The summed E-state index contributed by atoms with van der Waals surface area (Å²) >= 11 is 0. The Morgan fingerprint density at radius 1 is 1.47 bits per heavy atom. The molecule has 3 unspecified atom stereocenters. The van der Waals surface area contributed by atoms with E-state index in [2.05, 4.69) is 5.32 Å². The molecule has 4 nitrogen and oxygen atoms in total. The number of alkyl halides is 3. The van der Waals surface area contributed by atoms with Crippen molar-refractivity contribution in [3.63, 3.8) is 0 Å². The van der Waals surface area contributed by atoms with Gasteiger partial charge in [0.2, 0.25) is 5.91 Å². The Kier molecular flexibility index (Phi) is 4.03. The summed E-state index contributed by atoms with van der Waals surface area (Å²) < 4.78 is 37.5. The van der Waals surface area contributed by atoms with Crippen LogP contribution in [0.1, 0.15) is 26.2 Å². The molecule has 100 valence electrons. The Balaban J connectivity index is 2.66. The third kappa shape index (κ3) is 2.90. The molecule has 0 saturated heterocycles. The summed E-state index contributed by atoms with van der Waals surface area (Å²) in [6, 6.07) is -0.419. The van der Waals surface area contributed by atoms with Gasteiger partial charge in [0.1, 0.15) is 0 Å². The fraction of sp³-hybridized carbons (Fsp3) is 0.900. The number of amides is 1. The largest absolute Gasteiger partial charge is 0.415 e. The van der Waals surface area contributed by atoms with Crippen molar-refractivity contribution in [3.8, 4) is 0 Å². The quantitative estimate of drug-likeness (QED) is 0.688. The van der Waals surface area contributed by atoms with Crippen molar-refractivity contribution in [3.05, 3.63) is 0 Å². The molecule has 0 aliphatic heterocycles. The lowest BCUT2D eigenvalue weighted by molar-refractivity contribution is -0.187. The van der Waals surface area contributed by atoms with Crippen LogP contribution in [-0.2, 0) is 4.79 Å². The molecule has 7 heteroatoms. The zero-order chi connectivity index (χ0) is 13.3. The number of nitrogens with two attached hydrogens (primary N) is 1. The number of nitrogens with one attached hydrogen (secondary N) is 1. The van der Waals surface area contributed by atoms with E-state index in [1.165, 1.54) is 0 Å². The Morgan fingerprint density at radius 2 is 2.06 bits per heavy atom. The first-order valence-corrected chi connectivity index (χ1v) is 5.47. The van der Waals surface area contributed by atoms with Crippen molar-refractivity contribution < 1.29 is 23.1 Å². The van der Waals surface area contributed by atoms with Gasteiger partial charge in [-0.2, -0.15) is 13.2 Å². The Hall–Kier alpha value is -0.820. The number of aliphatic hydroxyl groups excluding tert-OH is 1. The summed E-state index contributed by atoms with van der Waals surface area (Å²) in [6.45, 7) is 0.503. The smallest absolute Gasteiger partial charge is 0.396 e. The average molecular weight is 254 g/mol. The number of hydrogen-bond donors (Lipinski definition) is 3. The maximum Gasteiger partial charge on any atom is 0.415 e. The van der Waals surface area contributed by atoms with Gasteiger partial charge in [-0.3, -0.25) is 4.79 Å². The lowest BCUT2D eigenvalue weighted by Crippen LogP contribution is -2.63. The molecule has 0 heterocycles. The van der Waals surface area contributed by atoms with Crippen molar-refractivity contribution >= 4 is 5.91 Å². The van der Waals surface area contributed by atoms with Crippen LogP contribution in [0.5, 0.6) is 0 Å². The van der Waals surface area contributed by atoms with E-state index in [4.69, 9.17) is 10.8 Å². The fourth-order valence-electron chi connectivity index (χ4n) is 1.89. The molecule has 4 N–H and O–H groups in total. The van der Waals surface area contributed by atoms with E-state index in [0.717, 1.165) is 6.42 Å². The Morgan fingerprint density at radius 3 is 2.53 bits per heavy atom. The Bertz CT molecular complexity index is 292. The van der Waals surface area contributed by atoms with Crippen LogP contribution in [0.2, 0.25) is 0 Å². The molecule has 0 aromatic carbocycles. The molecule has 1 fully saturated rings. The van der Waals surface area contributed by atoms with E-state index < -0.39 is 23.7 Å². The summed E-state index contributed by atoms with van der Waals surface area (Å²) in [6.07, 6.45) is -2.73. The molecule has 0 aromatic rings. The predicted molar refractivity (Wildman–Crippen MR) is 55.0 cm³/mol. The summed E-state index contributed by atoms with van der Waals surface area (Å²) in [5.74, 6) is -1.42. The SMILES string of the molecule is CC(N)(C(=O)NC1CCCC1CO)C(F)(F)F. The summed E-state index contributed by atoms with van der Waals surface area (Å²) in [5.41, 5.74) is 2.11. The van der Waals surface area contributed by atoms with Gasteiger partial charge in [-0.1, -0.05) is 6.42 Å². The van der Waals surface area contributed by atoms with Crippen LogP contribution < -0.4 is 11.1 Å². The summed E-state index contributed by atoms with van der Waals surface area (Å²) in [7, 11) is 0. The number of halogens is 3. The topological polar surface area (TPSA) is 75.4 Å². The highest BCUT2D eigenvalue weighted by molar-refractivity contribution is 5.86. The molecule has 1 saturated carbocycles. The molecule has 0 aromatic heterocycles. The lowest BCUT2D eigenvalue weighted by atomic mass is 9.99. The minimum absolute atomic E-state index is 0.141. The van der Waals surface area contributed by atoms with Gasteiger partial charge in [-0.15, -0.1) is 0 Å². The number of rotatable bonds is 3. The lowest BCUT2D eigenvalue weighted by Gasteiger charge is -2.29. The van der Waals surface area contributed by atoms with Gasteiger partial charge < -0.3 is 16.2 Å². The van der Waals surface area contributed by atoms with Gasteiger partial charge in [-0.05, 0) is 19.8 Å². The number of hydrogen-bond acceptors (Lipinski definition) is 3. The second kappa shape index (κ2) is 4.81. The van der Waals surface area contributed by atoms with Crippen LogP contribution in [0.3, 0.4) is 0 Å². The van der Waals surface area contributed by atoms with Crippen molar-refractivity contribution in [1.29, 1.82) is 0 Å². The maximum atomic E-state index is 12.5. The second-order valence-corrected chi connectivity index (χ2v) is 4.65. The van der Waals surface area contributed by atoms with Gasteiger partial charge in [-0.25, -0.2) is 0 Å². The molecule has 17 heavy (non-hydrogen) atoms. The van der Waals surface area contributed by atoms with Gasteiger partial charge in [0, 0.05) is 18.6 Å². The minimum atomic E-state index is -4.79. The summed E-state index contributed by atoms with van der Waals surface area (Å²) in [4.78, 5) is 11.5. The van der Waals surface area contributed by atoms with Crippen LogP contribution in [-0.4, -0.2) is 35.4 Å². The normalized spacial score (nSPS) is 28.8. The van der Waals surface area contributed by atoms with Crippen LogP contribution in [0, 0.1) is 5.92 Å². The monoisotopic (exact) mass is 254 g/mol. The fourth-order valence-corrected chi connectivity index (χ4v) is 1.89. The molecule has 1 amide bonds. The summed E-state index contributed by atoms with van der Waals surface area (Å²) in [5, 5.41) is 11.3. The van der Waals surface area contributed by atoms with Crippen LogP contribution >= 0.6 is 0 Å². The van der Waals surface area contributed by atoms with Gasteiger partial charge >= 0.3 is 6.18 Å². The highest BCUT2D eigenvalue weighted by Crippen LogP contribution is 2.30. The van der Waals surface area contributed by atoms with Crippen LogP contribution in [0.25, 0.3) is 0 Å². The van der Waals surface area contributed by atoms with E-state index in [9.17, 15) is 18.0 Å². The molecule has 1 aliphatic carbocycles. The van der Waals surface area contributed by atoms with E-state index in [-0.39, 0.29) is 12.5 Å². The second-order valence-electron chi connectivity index (χ2n) is 4.65. The minimum Gasteiger partial charge on any atom is -0.396 e. The number of aliphatic hydroxyl groups is 1. The Labute approximate surface area is 97.4 Å². The van der Waals surface area contributed by atoms with E-state index in [1.807, 2.05) is 0 Å². The first-order valence-electron chi connectivity index (χ1n) is 5.47. The zero-order valence-corrected chi connectivity index (χ0v) is 9.55. The molecule has 0 spiro atoms. The van der Waals surface area contributed by atoms with Crippen molar-refractivity contribution in [1.82, 2.24) is 5.32 Å². The van der Waals surface area contributed by atoms with Crippen LogP contribution in [0.4, 0.5) is 13.2 Å². The van der Waals surface area contributed by atoms with E-state index in [1.54, 1.807) is 0 Å². The molecule has 3 atom stereocenters. The highest BCUT2D eigenvalue weighted by atomic mass is 19.4. The number of carbonyl (C=O) groups is 1. The van der Waals surface area contributed by atoms with Gasteiger partial charge in [0.25, 0.3) is 0 Å². The first kappa shape index (κ1) is 14.2. The molecular weight excluding hydrogens is 237 g/mol. The first-order chi connectivity index (χ1) is 7.70. The van der Waals surface area contributed by atoms with Crippen LogP contribution in [0.15, 0.2) is 0 Å². The third-order valence-electron chi connectivity index (χ3n) is 3.27. The van der Waals surface area contributed by atoms with Crippen molar-refractivity contribution in [2.75, 3.05) is 6.61 Å². The predicted octanol–water partition coefficient (Wildman–Crippen LogP) is 0.543. The maximum absolute atomic E-state index is 12.5. The van der Waals surface area contributed by atoms with Crippen molar-refractivity contribution in [2.24, 2.45) is 11.7 Å². The molecular formula is C10H17F3N2O2. The zero-order valence-electron chi connectivity index (χ0n) is 9.55. The third-order valence-corrected chi connectivity index (χ3v) is 3.27. The van der Waals surface area contributed by atoms with E-state index >= 15 is 0 Å². The van der Waals surface area contributed by atoms with Gasteiger partial charge in [0.05, 0.1) is 0 Å². The molecule has 1 aliphatic rings. The molecule has 0 bridgehead atoms. The molecule has 0 radical (unpaired) electrons. The molecule has 1 rings (SSSR count). The van der Waals surface area contributed by atoms with Crippen molar-refractivity contribution in [2.45, 2.75) is 43.9 Å². The van der Waals surface area contributed by atoms with E-state index in [0.29, 0.717) is 19.8 Å². The highest BCUT2D eigenvalue weighted by Gasteiger charge is 2.54. The number of carbonyl (C=O) groups excluding carboxylic acids is 1.